The minimum Gasteiger partial charge on any atom is -0.356 e. The monoisotopic (exact) mass is 315 g/mol. The molecule has 23 heavy (non-hydrogen) atoms. The first-order chi connectivity index (χ1) is 11.3. The summed E-state index contributed by atoms with van der Waals surface area (Å²) < 4.78 is 0. The third-order valence-electron chi connectivity index (χ3n) is 5.91. The highest BCUT2D eigenvalue weighted by atomic mass is 15.3. The largest absolute Gasteiger partial charge is 0.356 e. The molecule has 1 aromatic heterocycles. The Kier molecular flexibility index (Phi) is 4.49. The standard InChI is InChI=1S/C18H29N5/c1-15-9-19-14-20-18(15)23-12-16-10-22(11-17(16)13-23)8-7-21-5-3-2-4-6-21/h9,14,16-17H,2-8,10-13H2,1H3. The third kappa shape index (κ3) is 3.36. The summed E-state index contributed by atoms with van der Waals surface area (Å²) in [4.78, 5) is 16.5. The molecular weight excluding hydrogens is 286 g/mol. The summed E-state index contributed by atoms with van der Waals surface area (Å²) in [7, 11) is 0. The summed E-state index contributed by atoms with van der Waals surface area (Å²) in [6, 6.07) is 0. The van der Waals surface area contributed by atoms with Gasteiger partial charge in [-0.1, -0.05) is 6.42 Å². The van der Waals surface area contributed by atoms with Gasteiger partial charge in [-0.05, 0) is 44.7 Å². The lowest BCUT2D eigenvalue weighted by atomic mass is 10.0. The van der Waals surface area contributed by atoms with E-state index in [9.17, 15) is 0 Å². The van der Waals surface area contributed by atoms with E-state index >= 15 is 0 Å². The van der Waals surface area contributed by atoms with Crippen LogP contribution in [-0.2, 0) is 0 Å². The molecule has 0 N–H and O–H groups in total. The van der Waals surface area contributed by atoms with Crippen molar-refractivity contribution in [3.05, 3.63) is 18.1 Å². The summed E-state index contributed by atoms with van der Waals surface area (Å²) in [5.74, 6) is 2.80. The molecular formula is C18H29N5. The summed E-state index contributed by atoms with van der Waals surface area (Å²) in [6.45, 7) is 12.2. The Bertz CT molecular complexity index is 514. The highest BCUT2D eigenvalue weighted by molar-refractivity contribution is 5.46. The Morgan fingerprint density at radius 1 is 0.957 bits per heavy atom. The number of aryl methyl sites for hydroxylation is 1. The van der Waals surface area contributed by atoms with Crippen LogP contribution in [0.1, 0.15) is 24.8 Å². The van der Waals surface area contributed by atoms with Gasteiger partial charge in [0.25, 0.3) is 0 Å². The Morgan fingerprint density at radius 3 is 2.35 bits per heavy atom. The van der Waals surface area contributed by atoms with E-state index in [0.29, 0.717) is 0 Å². The van der Waals surface area contributed by atoms with Crippen LogP contribution in [-0.4, -0.2) is 72.1 Å². The molecule has 2 atom stereocenters. The number of nitrogens with zero attached hydrogens (tertiary/aromatic N) is 5. The molecule has 0 radical (unpaired) electrons. The molecule has 5 nitrogen and oxygen atoms in total. The van der Waals surface area contributed by atoms with E-state index in [1.54, 1.807) is 6.33 Å². The van der Waals surface area contributed by atoms with E-state index in [2.05, 4.69) is 31.6 Å². The third-order valence-corrected chi connectivity index (χ3v) is 5.91. The molecule has 2 unspecified atom stereocenters. The molecule has 3 aliphatic rings. The van der Waals surface area contributed by atoms with Crippen molar-refractivity contribution in [2.75, 3.05) is 57.3 Å². The molecule has 4 rings (SSSR count). The van der Waals surface area contributed by atoms with Gasteiger partial charge in [0.15, 0.2) is 0 Å². The van der Waals surface area contributed by atoms with Gasteiger partial charge in [-0.25, -0.2) is 9.97 Å². The predicted molar refractivity (Wildman–Crippen MR) is 92.7 cm³/mol. The fourth-order valence-electron chi connectivity index (χ4n) is 4.64. The minimum absolute atomic E-state index is 0.825. The van der Waals surface area contributed by atoms with Crippen LogP contribution in [0, 0.1) is 18.8 Å². The normalized spacial score (nSPS) is 29.2. The first-order valence-electron chi connectivity index (χ1n) is 9.26. The topological polar surface area (TPSA) is 35.5 Å². The molecule has 3 saturated heterocycles. The second kappa shape index (κ2) is 6.73. The van der Waals surface area contributed by atoms with E-state index in [0.717, 1.165) is 17.7 Å². The van der Waals surface area contributed by atoms with Crippen LogP contribution >= 0.6 is 0 Å². The van der Waals surface area contributed by atoms with Crippen LogP contribution in [0.15, 0.2) is 12.5 Å². The number of piperidine rings is 1. The van der Waals surface area contributed by atoms with Crippen molar-refractivity contribution in [3.63, 3.8) is 0 Å². The Morgan fingerprint density at radius 2 is 1.65 bits per heavy atom. The lowest BCUT2D eigenvalue weighted by molar-refractivity contribution is 0.192. The van der Waals surface area contributed by atoms with Crippen LogP contribution in [0.3, 0.4) is 0 Å². The van der Waals surface area contributed by atoms with Gasteiger partial charge >= 0.3 is 0 Å². The highest BCUT2D eigenvalue weighted by Crippen LogP contribution is 2.33. The average molecular weight is 315 g/mol. The van der Waals surface area contributed by atoms with Gasteiger partial charge in [-0.3, -0.25) is 0 Å². The van der Waals surface area contributed by atoms with Gasteiger partial charge < -0.3 is 14.7 Å². The van der Waals surface area contributed by atoms with Gasteiger partial charge in [0.1, 0.15) is 12.1 Å². The van der Waals surface area contributed by atoms with Crippen molar-refractivity contribution in [3.8, 4) is 0 Å². The van der Waals surface area contributed by atoms with E-state index in [1.165, 1.54) is 77.2 Å². The summed E-state index contributed by atoms with van der Waals surface area (Å²) >= 11 is 0. The van der Waals surface area contributed by atoms with E-state index < -0.39 is 0 Å². The Hall–Kier alpha value is -1.20. The van der Waals surface area contributed by atoms with E-state index in [-0.39, 0.29) is 0 Å². The number of fused-ring (bicyclic) bond motifs is 1. The van der Waals surface area contributed by atoms with Crippen LogP contribution < -0.4 is 4.90 Å². The number of aromatic nitrogens is 2. The summed E-state index contributed by atoms with van der Waals surface area (Å²) in [5.41, 5.74) is 1.20. The highest BCUT2D eigenvalue weighted by Gasteiger charge is 2.40. The Labute approximate surface area is 139 Å². The number of hydrogen-bond donors (Lipinski definition) is 0. The van der Waals surface area contributed by atoms with Gasteiger partial charge in [0.2, 0.25) is 0 Å². The van der Waals surface area contributed by atoms with Crippen molar-refractivity contribution in [1.29, 1.82) is 0 Å². The second-order valence-corrected chi connectivity index (χ2v) is 7.62. The van der Waals surface area contributed by atoms with Gasteiger partial charge in [0.05, 0.1) is 0 Å². The van der Waals surface area contributed by atoms with E-state index in [4.69, 9.17) is 0 Å². The summed E-state index contributed by atoms with van der Waals surface area (Å²) in [6.07, 6.45) is 7.85. The first kappa shape index (κ1) is 15.3. The van der Waals surface area contributed by atoms with Gasteiger partial charge in [-0.2, -0.15) is 0 Å². The molecule has 4 heterocycles. The molecule has 3 aliphatic heterocycles. The number of hydrogen-bond acceptors (Lipinski definition) is 5. The molecule has 0 spiro atoms. The molecule has 3 fully saturated rings. The van der Waals surface area contributed by atoms with Crippen molar-refractivity contribution >= 4 is 5.82 Å². The Balaban J connectivity index is 1.27. The first-order valence-corrected chi connectivity index (χ1v) is 9.26. The number of likely N-dealkylation sites (tertiary alicyclic amines) is 2. The SMILES string of the molecule is Cc1cncnc1N1CC2CN(CCN3CCCCC3)CC2C1. The zero-order chi connectivity index (χ0) is 15.6. The van der Waals surface area contributed by atoms with Gasteiger partial charge in [0, 0.05) is 51.0 Å². The zero-order valence-electron chi connectivity index (χ0n) is 14.3. The molecule has 0 aliphatic carbocycles. The number of rotatable bonds is 4. The quantitative estimate of drug-likeness (QED) is 0.844. The molecule has 126 valence electrons. The molecule has 0 saturated carbocycles. The molecule has 5 heteroatoms. The van der Waals surface area contributed by atoms with Crippen LogP contribution in [0.25, 0.3) is 0 Å². The average Bonchev–Trinajstić information content (AvgIpc) is 3.13. The lowest BCUT2D eigenvalue weighted by Gasteiger charge is -2.29. The van der Waals surface area contributed by atoms with E-state index in [1.807, 2.05) is 6.20 Å². The van der Waals surface area contributed by atoms with Crippen molar-refractivity contribution < 1.29 is 0 Å². The maximum absolute atomic E-state index is 4.50. The fraction of sp³-hybridized carbons (Fsp3) is 0.778. The van der Waals surface area contributed by atoms with Crippen molar-refractivity contribution in [2.45, 2.75) is 26.2 Å². The maximum atomic E-state index is 4.50. The van der Waals surface area contributed by atoms with Crippen LogP contribution in [0.2, 0.25) is 0 Å². The molecule has 1 aromatic rings. The van der Waals surface area contributed by atoms with Gasteiger partial charge in [-0.15, -0.1) is 0 Å². The predicted octanol–water partition coefficient (Wildman–Crippen LogP) is 1.64. The molecule has 0 bridgehead atoms. The second-order valence-electron chi connectivity index (χ2n) is 7.62. The molecule has 0 aromatic carbocycles. The zero-order valence-corrected chi connectivity index (χ0v) is 14.3. The van der Waals surface area contributed by atoms with Crippen LogP contribution in [0.4, 0.5) is 5.82 Å². The summed E-state index contributed by atoms with van der Waals surface area (Å²) in [5, 5.41) is 0. The van der Waals surface area contributed by atoms with Crippen LogP contribution in [0.5, 0.6) is 0 Å². The maximum Gasteiger partial charge on any atom is 0.134 e. The lowest BCUT2D eigenvalue weighted by Crippen LogP contribution is -2.38. The van der Waals surface area contributed by atoms with Crippen molar-refractivity contribution in [1.82, 2.24) is 19.8 Å². The minimum atomic E-state index is 0.825. The number of anilines is 1. The fourth-order valence-corrected chi connectivity index (χ4v) is 4.64. The van der Waals surface area contributed by atoms with Crippen molar-refractivity contribution in [2.24, 2.45) is 11.8 Å². The smallest absolute Gasteiger partial charge is 0.134 e. The molecule has 0 amide bonds.